The number of nitrogens with zero attached hydrogens (tertiary/aromatic N) is 3. The van der Waals surface area contributed by atoms with E-state index >= 15 is 0 Å². The van der Waals surface area contributed by atoms with Crippen LogP contribution in [-0.4, -0.2) is 51.3 Å². The van der Waals surface area contributed by atoms with Crippen LogP contribution in [0.15, 0.2) is 18.3 Å². The van der Waals surface area contributed by atoms with Crippen LogP contribution >= 0.6 is 0 Å². The minimum absolute atomic E-state index is 0.0850. The molecule has 1 fully saturated rings. The monoisotopic (exact) mass is 399 g/mol. The third-order valence-corrected chi connectivity index (χ3v) is 4.48. The molecule has 1 aliphatic carbocycles. The average Bonchev–Trinajstić information content (AvgIpc) is 3.04. The smallest absolute Gasteiger partial charge is 0.366 e. The predicted octanol–water partition coefficient (Wildman–Crippen LogP) is 1.41. The number of alkyl halides is 3. The number of halogens is 3. The highest BCUT2D eigenvalue weighted by molar-refractivity contribution is 5.91. The number of carbonyl (C=O) groups excluding carboxylic acids is 2. The number of primary amides is 1. The predicted molar refractivity (Wildman–Crippen MR) is 93.8 cm³/mol. The molecule has 9 nitrogen and oxygen atoms in total. The van der Waals surface area contributed by atoms with Crippen LogP contribution in [0.2, 0.25) is 0 Å². The van der Waals surface area contributed by atoms with Gasteiger partial charge in [0.25, 0.3) is 5.91 Å². The quantitative estimate of drug-likeness (QED) is 0.605. The van der Waals surface area contributed by atoms with Gasteiger partial charge < -0.3 is 21.7 Å². The Labute approximate surface area is 157 Å². The van der Waals surface area contributed by atoms with E-state index in [9.17, 15) is 22.8 Å². The van der Waals surface area contributed by atoms with Crippen LogP contribution in [0, 0.1) is 0 Å². The van der Waals surface area contributed by atoms with Crippen LogP contribution in [-0.2, 0) is 0 Å². The maximum Gasteiger partial charge on any atom is 0.405 e. The van der Waals surface area contributed by atoms with Crippen molar-refractivity contribution in [3.8, 4) is 0 Å². The summed E-state index contributed by atoms with van der Waals surface area (Å²) in [4.78, 5) is 27.0. The van der Waals surface area contributed by atoms with Gasteiger partial charge in [-0.3, -0.25) is 4.79 Å². The lowest BCUT2D eigenvalue weighted by Crippen LogP contribution is -2.47. The third kappa shape index (κ3) is 5.02. The molecule has 0 atom stereocenters. The first-order valence-electron chi connectivity index (χ1n) is 8.73. The van der Waals surface area contributed by atoms with E-state index in [0.29, 0.717) is 37.1 Å². The van der Waals surface area contributed by atoms with Gasteiger partial charge in [0, 0.05) is 12.1 Å². The zero-order valence-corrected chi connectivity index (χ0v) is 14.8. The van der Waals surface area contributed by atoms with Crippen molar-refractivity contribution >= 4 is 23.4 Å². The van der Waals surface area contributed by atoms with Crippen molar-refractivity contribution in [3.63, 3.8) is 0 Å². The summed E-state index contributed by atoms with van der Waals surface area (Å²) in [6.45, 7) is -1.36. The van der Waals surface area contributed by atoms with E-state index in [2.05, 4.69) is 20.7 Å². The summed E-state index contributed by atoms with van der Waals surface area (Å²) in [5, 5.41) is 11.9. The molecule has 0 radical (unpaired) electrons. The van der Waals surface area contributed by atoms with Gasteiger partial charge in [-0.25, -0.2) is 14.3 Å². The zero-order chi connectivity index (χ0) is 20.3. The summed E-state index contributed by atoms with van der Waals surface area (Å²) in [5.74, 6) is -0.0835. The fourth-order valence-corrected chi connectivity index (χ4v) is 3.13. The number of fused-ring (bicyclic) bond motifs is 1. The first-order valence-corrected chi connectivity index (χ1v) is 8.73. The van der Waals surface area contributed by atoms with Gasteiger partial charge in [0.2, 0.25) is 0 Å². The van der Waals surface area contributed by atoms with Crippen LogP contribution in [0.3, 0.4) is 0 Å². The highest BCUT2D eigenvalue weighted by atomic mass is 19.4. The number of anilines is 1. The fourth-order valence-electron chi connectivity index (χ4n) is 3.13. The second kappa shape index (κ2) is 7.90. The molecule has 2 aromatic heterocycles. The number of urea groups is 1. The van der Waals surface area contributed by atoms with Gasteiger partial charge in [-0.15, -0.1) is 5.10 Å². The van der Waals surface area contributed by atoms with Crippen molar-refractivity contribution in [2.24, 2.45) is 5.73 Å². The molecule has 1 aliphatic rings. The van der Waals surface area contributed by atoms with E-state index < -0.39 is 24.7 Å². The van der Waals surface area contributed by atoms with Crippen LogP contribution in [0.1, 0.15) is 36.2 Å². The number of aromatic nitrogens is 3. The Balaban J connectivity index is 1.50. The molecular formula is C16H20F3N7O2. The first kappa shape index (κ1) is 19.7. The van der Waals surface area contributed by atoms with Crippen LogP contribution in [0.25, 0.3) is 5.65 Å². The lowest BCUT2D eigenvalue weighted by Gasteiger charge is -2.30. The molecule has 0 spiro atoms. The van der Waals surface area contributed by atoms with E-state index in [0.717, 1.165) is 0 Å². The highest BCUT2D eigenvalue weighted by Crippen LogP contribution is 2.22. The van der Waals surface area contributed by atoms with Gasteiger partial charge in [0.15, 0.2) is 5.65 Å². The van der Waals surface area contributed by atoms with E-state index in [1.165, 1.54) is 10.7 Å². The number of nitrogens with one attached hydrogen (secondary N) is 3. The Kier molecular flexibility index (Phi) is 5.56. The van der Waals surface area contributed by atoms with E-state index in [4.69, 9.17) is 5.73 Å². The van der Waals surface area contributed by atoms with Crippen molar-refractivity contribution in [3.05, 3.63) is 24.0 Å². The molecule has 12 heteroatoms. The molecular weight excluding hydrogens is 379 g/mol. The summed E-state index contributed by atoms with van der Waals surface area (Å²) in [5.41, 5.74) is 5.97. The fraction of sp³-hybridized carbons (Fsp3) is 0.500. The molecule has 2 aromatic rings. The molecule has 3 amide bonds. The topological polar surface area (TPSA) is 126 Å². The number of nitrogens with two attached hydrogens (primary N) is 1. The normalized spacial score (nSPS) is 20.0. The van der Waals surface area contributed by atoms with Crippen molar-refractivity contribution in [2.45, 2.75) is 43.9 Å². The Bertz CT molecular complexity index is 860. The molecule has 3 rings (SSSR count). The van der Waals surface area contributed by atoms with Crippen molar-refractivity contribution < 1.29 is 22.8 Å². The lowest BCUT2D eigenvalue weighted by molar-refractivity contribution is -0.122. The molecule has 0 aromatic carbocycles. The largest absolute Gasteiger partial charge is 0.405 e. The number of hydrogen-bond donors (Lipinski definition) is 4. The number of amides is 3. The molecule has 0 saturated heterocycles. The molecule has 5 N–H and O–H groups in total. The van der Waals surface area contributed by atoms with Gasteiger partial charge in [-0.1, -0.05) is 0 Å². The van der Waals surface area contributed by atoms with Gasteiger partial charge >= 0.3 is 12.2 Å². The zero-order valence-electron chi connectivity index (χ0n) is 14.8. The number of hydrogen-bond acceptors (Lipinski definition) is 5. The van der Waals surface area contributed by atoms with E-state index in [-0.39, 0.29) is 17.8 Å². The maximum absolute atomic E-state index is 12.1. The Morgan fingerprint density at radius 2 is 1.86 bits per heavy atom. The molecule has 1 saturated carbocycles. The third-order valence-electron chi connectivity index (χ3n) is 4.48. The van der Waals surface area contributed by atoms with E-state index in [1.807, 2.05) is 0 Å². The van der Waals surface area contributed by atoms with Crippen LogP contribution in [0.4, 0.5) is 23.8 Å². The van der Waals surface area contributed by atoms with Crippen molar-refractivity contribution in [1.29, 1.82) is 0 Å². The maximum atomic E-state index is 12.1. The SMILES string of the molecule is NC(=O)c1cnc2ccc(NC3CCC(NC(=O)NCC(F)(F)F)CC3)nn12. The van der Waals surface area contributed by atoms with Crippen molar-refractivity contribution in [1.82, 2.24) is 25.2 Å². The van der Waals surface area contributed by atoms with Gasteiger partial charge in [0.05, 0.1) is 6.20 Å². The summed E-state index contributed by atoms with van der Waals surface area (Å²) < 4.78 is 37.7. The molecule has 0 bridgehead atoms. The standard InChI is InChI=1S/C16H20F3N7O2/c17-16(18,19)8-22-15(28)24-10-3-1-9(2-4-10)23-12-5-6-13-21-7-11(14(20)27)26(13)25-12/h5-7,9-10H,1-4,8H2,(H2,20,27)(H,23,25)(H2,22,24,28). The summed E-state index contributed by atoms with van der Waals surface area (Å²) in [6, 6.07) is 2.53. The molecule has 2 heterocycles. The number of carbonyl (C=O) groups is 2. The second-order valence-corrected chi connectivity index (χ2v) is 6.63. The Morgan fingerprint density at radius 3 is 2.50 bits per heavy atom. The van der Waals surface area contributed by atoms with Crippen molar-refractivity contribution in [2.75, 3.05) is 11.9 Å². The number of rotatable bonds is 5. The first-order chi connectivity index (χ1) is 13.2. The van der Waals surface area contributed by atoms with Gasteiger partial charge in [0.1, 0.15) is 18.1 Å². The minimum atomic E-state index is -4.43. The highest BCUT2D eigenvalue weighted by Gasteiger charge is 2.29. The Hall–Kier alpha value is -3.05. The summed E-state index contributed by atoms with van der Waals surface area (Å²) in [6.07, 6.45) is -0.424. The molecule has 0 unspecified atom stereocenters. The minimum Gasteiger partial charge on any atom is -0.366 e. The van der Waals surface area contributed by atoms with Gasteiger partial charge in [-0.2, -0.15) is 13.2 Å². The molecule has 0 aliphatic heterocycles. The summed E-state index contributed by atoms with van der Waals surface area (Å²) >= 11 is 0. The molecule has 152 valence electrons. The van der Waals surface area contributed by atoms with E-state index in [1.54, 1.807) is 17.4 Å². The lowest BCUT2D eigenvalue weighted by atomic mass is 9.91. The number of imidazole rings is 1. The average molecular weight is 399 g/mol. The summed E-state index contributed by atoms with van der Waals surface area (Å²) in [7, 11) is 0. The second-order valence-electron chi connectivity index (χ2n) is 6.63. The Morgan fingerprint density at radius 1 is 1.18 bits per heavy atom. The van der Waals surface area contributed by atoms with Crippen LogP contribution < -0.4 is 21.7 Å². The molecule has 28 heavy (non-hydrogen) atoms. The van der Waals surface area contributed by atoms with Crippen LogP contribution in [0.5, 0.6) is 0 Å². The van der Waals surface area contributed by atoms with Gasteiger partial charge in [-0.05, 0) is 37.8 Å².